The molecule has 0 spiro atoms. The Morgan fingerprint density at radius 1 is 1.22 bits per heavy atom. The van der Waals surface area contributed by atoms with Gasteiger partial charge in [0.05, 0.1) is 16.1 Å². The Morgan fingerprint density at radius 2 is 1.97 bits per heavy atom. The van der Waals surface area contributed by atoms with Gasteiger partial charge in [0.15, 0.2) is 11.5 Å². The highest BCUT2D eigenvalue weighted by molar-refractivity contribution is 14.1. The standard InChI is InChI=1S/C24H23IN4O3/c1-4-30-19-10-16(9-18(25)22(19)31-12-15-7-5-13(2)6-8-15)21-17(11-26)23(27)32-24-20(21)14(3)28-29-24/h5-10,21H,4,12,27H2,1-3H3,(H,28,29)/t21-/m0/s1. The highest BCUT2D eigenvalue weighted by atomic mass is 127. The van der Waals surface area contributed by atoms with Crippen LogP contribution in [0.25, 0.3) is 0 Å². The SMILES string of the molecule is CCOc1cc([C@H]2C(C#N)=C(N)Oc3n[nH]c(C)c32)cc(I)c1OCc1ccc(C)cc1. The zero-order valence-corrected chi connectivity index (χ0v) is 20.2. The van der Waals surface area contributed by atoms with Crippen molar-refractivity contribution in [3.8, 4) is 23.4 Å². The molecule has 8 heteroatoms. The van der Waals surface area contributed by atoms with Crippen LogP contribution in [0.3, 0.4) is 0 Å². The zero-order chi connectivity index (χ0) is 22.8. The largest absolute Gasteiger partial charge is 0.490 e. The summed E-state index contributed by atoms with van der Waals surface area (Å²) in [5.41, 5.74) is 11.1. The van der Waals surface area contributed by atoms with Gasteiger partial charge >= 0.3 is 0 Å². The number of aryl methyl sites for hydroxylation is 2. The average Bonchev–Trinajstić information content (AvgIpc) is 3.13. The van der Waals surface area contributed by atoms with Crippen molar-refractivity contribution >= 4 is 22.6 Å². The Balaban J connectivity index is 1.75. The second-order valence-electron chi connectivity index (χ2n) is 7.53. The van der Waals surface area contributed by atoms with E-state index in [4.69, 9.17) is 19.9 Å². The predicted molar refractivity (Wildman–Crippen MR) is 128 cm³/mol. The molecule has 0 fully saturated rings. The fraction of sp³-hybridized carbons (Fsp3) is 0.250. The molecule has 2 aromatic carbocycles. The van der Waals surface area contributed by atoms with Crippen molar-refractivity contribution in [1.82, 2.24) is 10.2 Å². The molecule has 1 aromatic heterocycles. The molecule has 0 amide bonds. The molecule has 32 heavy (non-hydrogen) atoms. The summed E-state index contributed by atoms with van der Waals surface area (Å²) < 4.78 is 18.5. The predicted octanol–water partition coefficient (Wildman–Crippen LogP) is 4.83. The molecule has 4 rings (SSSR count). The molecule has 0 saturated carbocycles. The van der Waals surface area contributed by atoms with Gasteiger partial charge in [0.25, 0.3) is 0 Å². The van der Waals surface area contributed by atoms with E-state index in [1.165, 1.54) is 5.56 Å². The molecule has 0 bridgehead atoms. The van der Waals surface area contributed by atoms with Gasteiger partial charge in [-0.3, -0.25) is 5.10 Å². The molecule has 0 unspecified atom stereocenters. The molecule has 1 aliphatic heterocycles. The van der Waals surface area contributed by atoms with Crippen LogP contribution in [0, 0.1) is 28.7 Å². The summed E-state index contributed by atoms with van der Waals surface area (Å²) in [6.07, 6.45) is 0. The van der Waals surface area contributed by atoms with Crippen LogP contribution in [0.1, 0.15) is 40.8 Å². The van der Waals surface area contributed by atoms with Crippen molar-refractivity contribution in [2.75, 3.05) is 6.61 Å². The molecule has 7 nitrogen and oxygen atoms in total. The number of hydrogen-bond donors (Lipinski definition) is 2. The summed E-state index contributed by atoms with van der Waals surface area (Å²) in [5.74, 6) is 1.32. The van der Waals surface area contributed by atoms with E-state index >= 15 is 0 Å². The topological polar surface area (TPSA) is 106 Å². The summed E-state index contributed by atoms with van der Waals surface area (Å²) in [4.78, 5) is 0. The molecule has 0 aliphatic carbocycles. The number of nitrogens with two attached hydrogens (primary N) is 1. The maximum atomic E-state index is 9.82. The van der Waals surface area contributed by atoms with E-state index in [-0.39, 0.29) is 5.88 Å². The number of H-pyrrole nitrogens is 1. The van der Waals surface area contributed by atoms with Crippen molar-refractivity contribution < 1.29 is 14.2 Å². The molecule has 2 heterocycles. The third kappa shape index (κ3) is 4.12. The van der Waals surface area contributed by atoms with Crippen molar-refractivity contribution in [1.29, 1.82) is 5.26 Å². The average molecular weight is 542 g/mol. The lowest BCUT2D eigenvalue weighted by Crippen LogP contribution is -2.21. The number of hydrogen-bond acceptors (Lipinski definition) is 6. The van der Waals surface area contributed by atoms with Crippen LogP contribution in [0.5, 0.6) is 17.4 Å². The van der Waals surface area contributed by atoms with Gasteiger partial charge in [-0.25, -0.2) is 0 Å². The molecule has 0 saturated heterocycles. The highest BCUT2D eigenvalue weighted by Gasteiger charge is 2.35. The van der Waals surface area contributed by atoms with Crippen LogP contribution in [0.2, 0.25) is 0 Å². The van der Waals surface area contributed by atoms with Gasteiger partial charge in [-0.1, -0.05) is 29.8 Å². The number of halogens is 1. The number of nitrogens with zero attached hydrogens (tertiary/aromatic N) is 2. The van der Waals surface area contributed by atoms with E-state index in [9.17, 15) is 5.26 Å². The van der Waals surface area contributed by atoms with E-state index in [0.29, 0.717) is 36.2 Å². The Morgan fingerprint density at radius 3 is 2.66 bits per heavy atom. The smallest absolute Gasteiger partial charge is 0.244 e. The molecule has 1 aliphatic rings. The highest BCUT2D eigenvalue weighted by Crippen LogP contribution is 2.45. The molecular formula is C24H23IN4O3. The molecule has 3 aromatic rings. The molecular weight excluding hydrogens is 519 g/mol. The van der Waals surface area contributed by atoms with Gasteiger partial charge in [0, 0.05) is 11.3 Å². The summed E-state index contributed by atoms with van der Waals surface area (Å²) in [5, 5.41) is 16.9. The van der Waals surface area contributed by atoms with E-state index in [1.807, 2.05) is 26.0 Å². The maximum absolute atomic E-state index is 9.82. The third-order valence-electron chi connectivity index (χ3n) is 5.30. The van der Waals surface area contributed by atoms with Gasteiger partial charge in [0.2, 0.25) is 11.8 Å². The number of nitriles is 1. The number of allylic oxidation sites excluding steroid dienone is 1. The van der Waals surface area contributed by atoms with Crippen LogP contribution < -0.4 is 19.9 Å². The Bertz CT molecular complexity index is 1230. The molecule has 3 N–H and O–H groups in total. The van der Waals surface area contributed by atoms with Crippen LogP contribution in [-0.2, 0) is 6.61 Å². The first-order chi connectivity index (χ1) is 15.4. The number of aromatic nitrogens is 2. The molecule has 1 atom stereocenters. The minimum atomic E-state index is -0.415. The van der Waals surface area contributed by atoms with Crippen molar-refractivity contribution in [2.24, 2.45) is 5.73 Å². The maximum Gasteiger partial charge on any atom is 0.244 e. The van der Waals surface area contributed by atoms with Crippen LogP contribution in [-0.4, -0.2) is 16.8 Å². The first-order valence-corrected chi connectivity index (χ1v) is 11.3. The number of fused-ring (bicyclic) bond motifs is 1. The lowest BCUT2D eigenvalue weighted by Gasteiger charge is -2.25. The fourth-order valence-corrected chi connectivity index (χ4v) is 4.51. The fourth-order valence-electron chi connectivity index (χ4n) is 3.73. The first-order valence-electron chi connectivity index (χ1n) is 10.2. The third-order valence-corrected chi connectivity index (χ3v) is 6.10. The minimum Gasteiger partial charge on any atom is -0.490 e. The van der Waals surface area contributed by atoms with Crippen molar-refractivity contribution in [3.05, 3.63) is 79.4 Å². The number of benzene rings is 2. The Kier molecular flexibility index (Phi) is 6.28. The van der Waals surface area contributed by atoms with Gasteiger partial charge in [-0.2, -0.15) is 5.26 Å². The van der Waals surface area contributed by atoms with Gasteiger partial charge < -0.3 is 19.9 Å². The quantitative estimate of drug-likeness (QED) is 0.433. The summed E-state index contributed by atoms with van der Waals surface area (Å²) in [7, 11) is 0. The first kappa shape index (κ1) is 22.0. The number of rotatable bonds is 6. The van der Waals surface area contributed by atoms with Crippen molar-refractivity contribution in [2.45, 2.75) is 33.3 Å². The van der Waals surface area contributed by atoms with Gasteiger partial charge in [0.1, 0.15) is 18.2 Å². The molecule has 0 radical (unpaired) electrons. The van der Waals surface area contributed by atoms with Gasteiger partial charge in [-0.15, -0.1) is 5.10 Å². The van der Waals surface area contributed by atoms with Crippen LogP contribution in [0.4, 0.5) is 0 Å². The van der Waals surface area contributed by atoms with Crippen LogP contribution >= 0.6 is 22.6 Å². The van der Waals surface area contributed by atoms with Gasteiger partial charge in [-0.05, 0) is 66.6 Å². The summed E-state index contributed by atoms with van der Waals surface area (Å²) in [6.45, 7) is 6.78. The Labute approximate surface area is 200 Å². The minimum absolute atomic E-state index is 0.0594. The normalized spacial score (nSPS) is 15.0. The summed E-state index contributed by atoms with van der Waals surface area (Å²) in [6, 6.07) is 14.3. The van der Waals surface area contributed by atoms with E-state index in [1.54, 1.807) is 0 Å². The van der Waals surface area contributed by atoms with Crippen molar-refractivity contribution in [3.63, 3.8) is 0 Å². The zero-order valence-electron chi connectivity index (χ0n) is 18.0. The number of nitrogens with one attached hydrogen (secondary N) is 1. The summed E-state index contributed by atoms with van der Waals surface area (Å²) >= 11 is 2.24. The van der Waals surface area contributed by atoms with E-state index in [0.717, 1.165) is 26.0 Å². The lowest BCUT2D eigenvalue weighted by atomic mass is 9.84. The second-order valence-corrected chi connectivity index (χ2v) is 8.69. The van der Waals surface area contributed by atoms with Crippen LogP contribution in [0.15, 0.2) is 47.9 Å². The van der Waals surface area contributed by atoms with E-state index < -0.39 is 5.92 Å². The second kappa shape index (κ2) is 9.12. The lowest BCUT2D eigenvalue weighted by molar-refractivity contribution is 0.267. The number of ether oxygens (including phenoxy) is 3. The monoisotopic (exact) mass is 542 g/mol. The van der Waals surface area contributed by atoms with E-state index in [2.05, 4.69) is 70.0 Å². The Hall–Kier alpha value is -3.19. The molecule has 164 valence electrons. The number of aromatic amines is 1.